The average Bonchev–Trinajstić information content (AvgIpc) is 2.27. The maximum absolute atomic E-state index is 3.37. The summed E-state index contributed by atoms with van der Waals surface area (Å²) in [7, 11) is 4.20. The third-order valence-electron chi connectivity index (χ3n) is 2.65. The van der Waals surface area contributed by atoms with Crippen molar-refractivity contribution in [1.82, 2.24) is 10.2 Å². The zero-order valence-electron chi connectivity index (χ0n) is 10.0. The Hall–Kier alpha value is -0.860. The highest BCUT2D eigenvalue weighted by Gasteiger charge is 2.10. The molecule has 0 aromatic heterocycles. The van der Waals surface area contributed by atoms with Crippen molar-refractivity contribution in [2.24, 2.45) is 0 Å². The van der Waals surface area contributed by atoms with Gasteiger partial charge >= 0.3 is 0 Å². The molecule has 84 valence electrons. The van der Waals surface area contributed by atoms with E-state index in [4.69, 9.17) is 0 Å². The first-order chi connectivity index (χ1) is 7.27. The van der Waals surface area contributed by atoms with Crippen LogP contribution < -0.4 is 5.32 Å². The van der Waals surface area contributed by atoms with Crippen molar-refractivity contribution in [3.8, 4) is 0 Å². The molecule has 0 amide bonds. The van der Waals surface area contributed by atoms with Crippen LogP contribution in [0.4, 0.5) is 0 Å². The van der Waals surface area contributed by atoms with Gasteiger partial charge in [-0.2, -0.15) is 0 Å². The second kappa shape index (κ2) is 6.59. The molecular weight excluding hydrogens is 184 g/mol. The Morgan fingerprint density at radius 2 is 1.93 bits per heavy atom. The quantitative estimate of drug-likeness (QED) is 0.768. The van der Waals surface area contributed by atoms with Crippen LogP contribution in [0.2, 0.25) is 0 Å². The number of hydrogen-bond acceptors (Lipinski definition) is 2. The molecule has 15 heavy (non-hydrogen) atoms. The molecule has 1 atom stereocenters. The lowest BCUT2D eigenvalue weighted by Crippen LogP contribution is -2.31. The average molecular weight is 206 g/mol. The van der Waals surface area contributed by atoms with E-state index in [1.54, 1.807) is 0 Å². The van der Waals surface area contributed by atoms with Crippen LogP contribution >= 0.6 is 0 Å². The molecule has 1 N–H and O–H groups in total. The summed E-state index contributed by atoms with van der Waals surface area (Å²) in [5.74, 6) is 0. The summed E-state index contributed by atoms with van der Waals surface area (Å²) < 4.78 is 0. The largest absolute Gasteiger partial charge is 0.312 e. The van der Waals surface area contributed by atoms with Crippen LogP contribution in [0.1, 0.15) is 24.9 Å². The molecule has 0 aliphatic heterocycles. The van der Waals surface area contributed by atoms with Crippen LogP contribution in [0.15, 0.2) is 30.3 Å². The summed E-state index contributed by atoms with van der Waals surface area (Å²) in [5, 5.41) is 3.37. The van der Waals surface area contributed by atoms with E-state index >= 15 is 0 Å². The molecule has 0 bridgehead atoms. The SMILES string of the molecule is CCCN(C)CC(NC)c1ccccc1. The molecule has 0 radical (unpaired) electrons. The van der Waals surface area contributed by atoms with Gasteiger partial charge in [-0.1, -0.05) is 37.3 Å². The highest BCUT2D eigenvalue weighted by atomic mass is 15.1. The van der Waals surface area contributed by atoms with Crippen molar-refractivity contribution in [2.45, 2.75) is 19.4 Å². The highest BCUT2D eigenvalue weighted by Crippen LogP contribution is 2.12. The third-order valence-corrected chi connectivity index (χ3v) is 2.65. The van der Waals surface area contributed by atoms with Gasteiger partial charge < -0.3 is 10.2 Å². The molecule has 0 saturated heterocycles. The Bertz CT molecular complexity index is 258. The summed E-state index contributed by atoms with van der Waals surface area (Å²) in [6, 6.07) is 11.1. The molecule has 0 spiro atoms. The second-order valence-electron chi connectivity index (χ2n) is 4.01. The fraction of sp³-hybridized carbons (Fsp3) is 0.538. The Morgan fingerprint density at radius 1 is 1.27 bits per heavy atom. The lowest BCUT2D eigenvalue weighted by atomic mass is 10.1. The van der Waals surface area contributed by atoms with Crippen molar-refractivity contribution in [3.05, 3.63) is 35.9 Å². The number of nitrogens with zero attached hydrogens (tertiary/aromatic N) is 1. The fourth-order valence-corrected chi connectivity index (χ4v) is 1.83. The van der Waals surface area contributed by atoms with Crippen molar-refractivity contribution in [2.75, 3.05) is 27.2 Å². The molecule has 0 saturated carbocycles. The Kier molecular flexibility index (Phi) is 5.37. The number of likely N-dealkylation sites (N-methyl/N-ethyl adjacent to an activating group) is 2. The van der Waals surface area contributed by atoms with Gasteiger partial charge in [-0.25, -0.2) is 0 Å². The molecule has 1 unspecified atom stereocenters. The number of nitrogens with one attached hydrogen (secondary N) is 1. The molecule has 1 aromatic carbocycles. The molecule has 2 nitrogen and oxygen atoms in total. The number of benzene rings is 1. The van der Waals surface area contributed by atoms with Crippen molar-refractivity contribution < 1.29 is 0 Å². The highest BCUT2D eigenvalue weighted by molar-refractivity contribution is 5.19. The van der Waals surface area contributed by atoms with Crippen molar-refractivity contribution in [1.29, 1.82) is 0 Å². The number of rotatable bonds is 6. The summed E-state index contributed by atoms with van der Waals surface area (Å²) in [6.45, 7) is 4.44. The van der Waals surface area contributed by atoms with E-state index in [0.717, 1.165) is 13.1 Å². The van der Waals surface area contributed by atoms with Crippen LogP contribution in [0, 0.1) is 0 Å². The molecule has 0 fully saturated rings. The summed E-state index contributed by atoms with van der Waals surface area (Å²) in [4.78, 5) is 2.37. The van der Waals surface area contributed by atoms with Gasteiger partial charge in [-0.05, 0) is 32.6 Å². The van der Waals surface area contributed by atoms with Gasteiger partial charge in [0.2, 0.25) is 0 Å². The van der Waals surface area contributed by atoms with Crippen LogP contribution in [-0.4, -0.2) is 32.1 Å². The van der Waals surface area contributed by atoms with E-state index in [-0.39, 0.29) is 0 Å². The Labute approximate surface area is 93.3 Å². The molecule has 0 heterocycles. The first-order valence-corrected chi connectivity index (χ1v) is 5.68. The maximum atomic E-state index is 3.37. The minimum Gasteiger partial charge on any atom is -0.312 e. The van der Waals surface area contributed by atoms with Gasteiger partial charge in [-0.3, -0.25) is 0 Å². The molecule has 0 aliphatic rings. The van der Waals surface area contributed by atoms with E-state index in [1.807, 2.05) is 7.05 Å². The zero-order valence-corrected chi connectivity index (χ0v) is 10.0. The normalized spacial score (nSPS) is 13.1. The molecule has 0 aliphatic carbocycles. The van der Waals surface area contributed by atoms with Gasteiger partial charge in [0, 0.05) is 12.6 Å². The van der Waals surface area contributed by atoms with Crippen LogP contribution in [0.25, 0.3) is 0 Å². The summed E-state index contributed by atoms with van der Waals surface area (Å²) >= 11 is 0. The number of hydrogen-bond donors (Lipinski definition) is 1. The molecule has 1 rings (SSSR count). The molecule has 1 aromatic rings. The fourth-order valence-electron chi connectivity index (χ4n) is 1.83. The van der Waals surface area contributed by atoms with Crippen LogP contribution in [0.3, 0.4) is 0 Å². The Balaban J connectivity index is 2.56. The first kappa shape index (κ1) is 12.2. The second-order valence-corrected chi connectivity index (χ2v) is 4.01. The van der Waals surface area contributed by atoms with Crippen molar-refractivity contribution in [3.63, 3.8) is 0 Å². The lowest BCUT2D eigenvalue weighted by Gasteiger charge is -2.23. The lowest BCUT2D eigenvalue weighted by molar-refractivity contribution is 0.297. The van der Waals surface area contributed by atoms with Crippen LogP contribution in [-0.2, 0) is 0 Å². The Morgan fingerprint density at radius 3 is 2.47 bits per heavy atom. The minimum absolute atomic E-state index is 0.433. The third kappa shape index (κ3) is 4.02. The maximum Gasteiger partial charge on any atom is 0.0446 e. The van der Waals surface area contributed by atoms with Gasteiger partial charge in [0.1, 0.15) is 0 Å². The van der Waals surface area contributed by atoms with E-state index in [9.17, 15) is 0 Å². The smallest absolute Gasteiger partial charge is 0.0446 e. The zero-order chi connectivity index (χ0) is 11.1. The summed E-state index contributed by atoms with van der Waals surface area (Å²) in [5.41, 5.74) is 1.36. The van der Waals surface area contributed by atoms with E-state index in [0.29, 0.717) is 6.04 Å². The van der Waals surface area contributed by atoms with E-state index in [2.05, 4.69) is 54.5 Å². The predicted molar refractivity (Wildman–Crippen MR) is 66.0 cm³/mol. The van der Waals surface area contributed by atoms with Gasteiger partial charge in [0.25, 0.3) is 0 Å². The van der Waals surface area contributed by atoms with E-state index < -0.39 is 0 Å². The first-order valence-electron chi connectivity index (χ1n) is 5.68. The minimum atomic E-state index is 0.433. The van der Waals surface area contributed by atoms with Gasteiger partial charge in [0.15, 0.2) is 0 Å². The van der Waals surface area contributed by atoms with Gasteiger partial charge in [-0.15, -0.1) is 0 Å². The molecule has 2 heteroatoms. The topological polar surface area (TPSA) is 15.3 Å². The van der Waals surface area contributed by atoms with Crippen LogP contribution in [0.5, 0.6) is 0 Å². The predicted octanol–water partition coefficient (Wildman–Crippen LogP) is 2.29. The summed E-state index contributed by atoms with van der Waals surface area (Å²) in [6.07, 6.45) is 1.21. The van der Waals surface area contributed by atoms with Gasteiger partial charge in [0.05, 0.1) is 0 Å². The molecular formula is C13H22N2. The van der Waals surface area contributed by atoms with E-state index in [1.165, 1.54) is 12.0 Å². The standard InChI is InChI=1S/C13H22N2/c1-4-10-15(3)11-13(14-2)12-8-6-5-7-9-12/h5-9,13-14H,4,10-11H2,1-3H3. The monoisotopic (exact) mass is 206 g/mol. The van der Waals surface area contributed by atoms with Crippen molar-refractivity contribution >= 4 is 0 Å².